The number of carbonyl (C=O) groups excluding carboxylic acids is 1. The molecule has 1 fully saturated rings. The zero-order valence-corrected chi connectivity index (χ0v) is 11.6. The van der Waals surface area contributed by atoms with E-state index >= 15 is 0 Å². The van der Waals surface area contributed by atoms with E-state index in [-0.39, 0.29) is 17.9 Å². The predicted octanol–water partition coefficient (Wildman–Crippen LogP) is 0.770. The number of carbonyl (C=O) groups is 1. The zero-order chi connectivity index (χ0) is 13.0. The Bertz CT molecular complexity index is 245. The molecule has 0 aromatic carbocycles. The highest BCUT2D eigenvalue weighted by Gasteiger charge is 2.26. The number of nitrogens with zero attached hydrogens (tertiary/aromatic N) is 2. The van der Waals surface area contributed by atoms with Crippen LogP contribution < -0.4 is 5.73 Å². The highest BCUT2D eigenvalue weighted by Crippen LogP contribution is 2.10. The van der Waals surface area contributed by atoms with Gasteiger partial charge in [-0.25, -0.2) is 0 Å². The van der Waals surface area contributed by atoms with Crippen LogP contribution in [0.15, 0.2) is 0 Å². The third-order valence-corrected chi connectivity index (χ3v) is 3.49. The predicted molar refractivity (Wildman–Crippen MR) is 70.7 cm³/mol. The third kappa shape index (κ3) is 4.28. The Balaban J connectivity index is 2.39. The van der Waals surface area contributed by atoms with Gasteiger partial charge < -0.3 is 10.6 Å². The van der Waals surface area contributed by atoms with Crippen molar-refractivity contribution >= 4 is 5.91 Å². The smallest absolute Gasteiger partial charge is 0.227 e. The van der Waals surface area contributed by atoms with Crippen LogP contribution in [0.4, 0.5) is 0 Å². The maximum absolute atomic E-state index is 12.1. The number of amides is 1. The molecule has 2 N–H and O–H groups in total. The Hall–Kier alpha value is -0.610. The van der Waals surface area contributed by atoms with Crippen molar-refractivity contribution in [2.45, 2.75) is 33.7 Å². The first-order valence-corrected chi connectivity index (χ1v) is 6.68. The molecule has 0 spiro atoms. The van der Waals surface area contributed by atoms with E-state index in [0.717, 1.165) is 32.7 Å². The monoisotopic (exact) mass is 241 g/mol. The zero-order valence-electron chi connectivity index (χ0n) is 11.6. The molecule has 4 nitrogen and oxygen atoms in total. The quantitative estimate of drug-likeness (QED) is 0.791. The van der Waals surface area contributed by atoms with Crippen LogP contribution in [0.5, 0.6) is 0 Å². The lowest BCUT2D eigenvalue weighted by Crippen LogP contribution is -2.52. The summed E-state index contributed by atoms with van der Waals surface area (Å²) in [6.45, 7) is 13.1. The van der Waals surface area contributed by atoms with E-state index in [1.807, 2.05) is 18.7 Å². The van der Waals surface area contributed by atoms with Crippen LogP contribution in [0.2, 0.25) is 0 Å². The van der Waals surface area contributed by atoms with Gasteiger partial charge in [0, 0.05) is 38.8 Å². The molecule has 0 saturated carbocycles. The Kier molecular flexibility index (Phi) is 5.40. The minimum Gasteiger partial charge on any atom is -0.340 e. The van der Waals surface area contributed by atoms with Crippen LogP contribution in [-0.4, -0.2) is 54.5 Å². The van der Waals surface area contributed by atoms with Crippen molar-refractivity contribution in [1.29, 1.82) is 0 Å². The average Bonchev–Trinajstić information content (AvgIpc) is 2.27. The molecule has 2 unspecified atom stereocenters. The van der Waals surface area contributed by atoms with Crippen molar-refractivity contribution in [3.05, 3.63) is 0 Å². The van der Waals surface area contributed by atoms with Gasteiger partial charge in [0.05, 0.1) is 5.92 Å². The first-order valence-electron chi connectivity index (χ1n) is 6.68. The molecule has 17 heavy (non-hydrogen) atoms. The fourth-order valence-electron chi connectivity index (χ4n) is 2.18. The maximum atomic E-state index is 12.1. The minimum atomic E-state index is -0.0633. The summed E-state index contributed by atoms with van der Waals surface area (Å²) in [5.41, 5.74) is 5.78. The standard InChI is InChI=1S/C13H27N3O/c1-10(2)9-15-5-7-16(8-6-15)13(17)11(3)12(4)14/h10-12H,5-9,14H2,1-4H3. The lowest BCUT2D eigenvalue weighted by molar-refractivity contribution is -0.137. The molecule has 1 aliphatic heterocycles. The first-order chi connectivity index (χ1) is 7.91. The second kappa shape index (κ2) is 6.36. The fraction of sp³-hybridized carbons (Fsp3) is 0.923. The second-order valence-corrected chi connectivity index (χ2v) is 5.67. The van der Waals surface area contributed by atoms with Gasteiger partial charge in [0.15, 0.2) is 0 Å². The molecule has 1 heterocycles. The normalized spacial score (nSPS) is 21.6. The number of rotatable bonds is 4. The molecule has 2 atom stereocenters. The largest absolute Gasteiger partial charge is 0.340 e. The minimum absolute atomic E-state index is 0.0591. The topological polar surface area (TPSA) is 49.6 Å². The Morgan fingerprint density at radius 3 is 2.06 bits per heavy atom. The molecule has 1 aliphatic rings. The SMILES string of the molecule is CC(C)CN1CCN(C(=O)C(C)C(C)N)CC1. The van der Waals surface area contributed by atoms with Crippen LogP contribution in [-0.2, 0) is 4.79 Å². The second-order valence-electron chi connectivity index (χ2n) is 5.67. The Morgan fingerprint density at radius 1 is 1.12 bits per heavy atom. The summed E-state index contributed by atoms with van der Waals surface area (Å²) >= 11 is 0. The van der Waals surface area contributed by atoms with E-state index in [1.165, 1.54) is 0 Å². The van der Waals surface area contributed by atoms with Crippen molar-refractivity contribution in [1.82, 2.24) is 9.80 Å². The molecule has 0 radical (unpaired) electrons. The molecule has 1 amide bonds. The van der Waals surface area contributed by atoms with Crippen LogP contribution >= 0.6 is 0 Å². The van der Waals surface area contributed by atoms with Gasteiger partial charge in [-0.05, 0) is 12.8 Å². The van der Waals surface area contributed by atoms with Crippen molar-refractivity contribution in [3.63, 3.8) is 0 Å². The van der Waals surface area contributed by atoms with E-state index in [2.05, 4.69) is 18.7 Å². The van der Waals surface area contributed by atoms with E-state index in [4.69, 9.17) is 5.73 Å². The highest BCUT2D eigenvalue weighted by molar-refractivity contribution is 5.79. The highest BCUT2D eigenvalue weighted by atomic mass is 16.2. The van der Waals surface area contributed by atoms with E-state index < -0.39 is 0 Å². The Labute approximate surface area is 105 Å². The van der Waals surface area contributed by atoms with Gasteiger partial charge in [-0.3, -0.25) is 9.69 Å². The summed E-state index contributed by atoms with van der Waals surface area (Å²) < 4.78 is 0. The number of hydrogen-bond donors (Lipinski definition) is 1. The van der Waals surface area contributed by atoms with Crippen molar-refractivity contribution in [3.8, 4) is 0 Å². The molecule has 0 bridgehead atoms. The maximum Gasteiger partial charge on any atom is 0.227 e. The van der Waals surface area contributed by atoms with Gasteiger partial charge in [-0.1, -0.05) is 20.8 Å². The van der Waals surface area contributed by atoms with E-state index in [9.17, 15) is 4.79 Å². The van der Waals surface area contributed by atoms with Gasteiger partial charge in [0.1, 0.15) is 0 Å². The molecule has 0 aliphatic carbocycles. The molecule has 4 heteroatoms. The number of nitrogens with two attached hydrogens (primary N) is 1. The first kappa shape index (κ1) is 14.5. The van der Waals surface area contributed by atoms with Crippen LogP contribution in [0.3, 0.4) is 0 Å². The lowest BCUT2D eigenvalue weighted by atomic mass is 10.0. The Morgan fingerprint density at radius 2 is 1.65 bits per heavy atom. The molecule has 0 aromatic rings. The summed E-state index contributed by atoms with van der Waals surface area (Å²) in [5.74, 6) is 0.844. The molecular formula is C13H27N3O. The fourth-order valence-corrected chi connectivity index (χ4v) is 2.18. The summed E-state index contributed by atoms with van der Waals surface area (Å²) in [7, 11) is 0. The van der Waals surface area contributed by atoms with Gasteiger partial charge in [0.25, 0.3) is 0 Å². The van der Waals surface area contributed by atoms with Gasteiger partial charge in [-0.2, -0.15) is 0 Å². The molecule has 100 valence electrons. The number of hydrogen-bond acceptors (Lipinski definition) is 3. The van der Waals surface area contributed by atoms with Crippen LogP contribution in [0.25, 0.3) is 0 Å². The molecule has 0 aromatic heterocycles. The molecule has 1 rings (SSSR count). The molecule has 1 saturated heterocycles. The van der Waals surface area contributed by atoms with E-state index in [0.29, 0.717) is 5.92 Å². The van der Waals surface area contributed by atoms with E-state index in [1.54, 1.807) is 0 Å². The van der Waals surface area contributed by atoms with Crippen molar-refractivity contribution in [2.24, 2.45) is 17.6 Å². The van der Waals surface area contributed by atoms with Crippen LogP contribution in [0.1, 0.15) is 27.7 Å². The summed E-state index contributed by atoms with van der Waals surface area (Å²) in [5, 5.41) is 0. The van der Waals surface area contributed by atoms with Gasteiger partial charge in [-0.15, -0.1) is 0 Å². The third-order valence-electron chi connectivity index (χ3n) is 3.49. The summed E-state index contributed by atoms with van der Waals surface area (Å²) in [4.78, 5) is 16.5. The van der Waals surface area contributed by atoms with Gasteiger partial charge in [0.2, 0.25) is 5.91 Å². The summed E-state index contributed by atoms with van der Waals surface area (Å²) in [6, 6.07) is -0.0591. The van der Waals surface area contributed by atoms with Crippen molar-refractivity contribution < 1.29 is 4.79 Å². The lowest BCUT2D eigenvalue weighted by Gasteiger charge is -2.37. The summed E-state index contributed by atoms with van der Waals surface area (Å²) in [6.07, 6.45) is 0. The van der Waals surface area contributed by atoms with Crippen molar-refractivity contribution in [2.75, 3.05) is 32.7 Å². The average molecular weight is 241 g/mol. The van der Waals surface area contributed by atoms with Crippen LogP contribution in [0, 0.1) is 11.8 Å². The van der Waals surface area contributed by atoms with Gasteiger partial charge >= 0.3 is 0 Å². The molecular weight excluding hydrogens is 214 g/mol. The number of piperazine rings is 1.